The number of ketones is 1. The average Bonchev–Trinajstić information content (AvgIpc) is 2.74. The van der Waals surface area contributed by atoms with Gasteiger partial charge in [0.05, 0.1) is 22.5 Å². The van der Waals surface area contributed by atoms with Crippen molar-refractivity contribution >= 4 is 5.78 Å². The molecule has 0 fully saturated rings. The Kier molecular flexibility index (Phi) is 5.19. The predicted molar refractivity (Wildman–Crippen MR) is 112 cm³/mol. The van der Waals surface area contributed by atoms with Crippen LogP contribution in [0.1, 0.15) is 27.0 Å². The summed E-state index contributed by atoms with van der Waals surface area (Å²) in [4.78, 5) is 22.1. The molecule has 3 nitrogen and oxygen atoms in total. The van der Waals surface area contributed by atoms with E-state index in [1.54, 1.807) is 36.7 Å². The van der Waals surface area contributed by atoms with Crippen LogP contribution in [0.5, 0.6) is 0 Å². The molecule has 0 spiro atoms. The molecule has 0 aliphatic rings. The van der Waals surface area contributed by atoms with Gasteiger partial charge in [0.15, 0.2) is 5.78 Å². The van der Waals surface area contributed by atoms with Gasteiger partial charge in [-0.05, 0) is 49.2 Å². The Morgan fingerprint density at radius 2 is 1.10 bits per heavy atom. The Morgan fingerprint density at radius 3 is 1.47 bits per heavy atom. The van der Waals surface area contributed by atoms with Crippen molar-refractivity contribution in [3.05, 3.63) is 107 Å². The number of nitrogens with zero attached hydrogens (tertiary/aromatic N) is 2. The van der Waals surface area contributed by atoms with Gasteiger partial charge in [0, 0.05) is 23.5 Å². The minimum atomic E-state index is -0.749. The lowest BCUT2D eigenvalue weighted by Crippen LogP contribution is -2.11. The fourth-order valence-corrected chi connectivity index (χ4v) is 3.32. The molecule has 0 N–H and O–H groups in total. The molecular weight excluding hydrogens is 382 g/mol. The SMILES string of the molecule is Cc1ccc(-c2cccc(F)c2C(=O)c2c(F)cccc2-c2ccc(C)cn2)nc1. The number of pyridine rings is 2. The number of carbonyl (C=O) groups excluding carboxylic acids is 1. The maximum absolute atomic E-state index is 14.9. The summed E-state index contributed by atoms with van der Waals surface area (Å²) < 4.78 is 29.8. The van der Waals surface area contributed by atoms with E-state index in [0.717, 1.165) is 11.1 Å². The van der Waals surface area contributed by atoms with Crippen LogP contribution in [0.15, 0.2) is 73.1 Å². The Labute approximate surface area is 173 Å². The summed E-state index contributed by atoms with van der Waals surface area (Å²) in [5, 5.41) is 0. The van der Waals surface area contributed by atoms with E-state index in [1.807, 2.05) is 26.0 Å². The molecule has 0 radical (unpaired) electrons. The van der Waals surface area contributed by atoms with Crippen LogP contribution in [0, 0.1) is 25.5 Å². The molecule has 2 aromatic carbocycles. The predicted octanol–water partition coefficient (Wildman–Crippen LogP) is 5.94. The lowest BCUT2D eigenvalue weighted by Gasteiger charge is -2.13. The smallest absolute Gasteiger partial charge is 0.200 e. The summed E-state index contributed by atoms with van der Waals surface area (Å²) in [5.41, 5.74) is 2.94. The van der Waals surface area contributed by atoms with Crippen molar-refractivity contribution in [3.63, 3.8) is 0 Å². The topological polar surface area (TPSA) is 42.9 Å². The summed E-state index contributed by atoms with van der Waals surface area (Å²) in [7, 11) is 0. The third kappa shape index (κ3) is 3.62. The fraction of sp³-hybridized carbons (Fsp3) is 0.0800. The zero-order valence-electron chi connectivity index (χ0n) is 16.5. The average molecular weight is 400 g/mol. The quantitative estimate of drug-likeness (QED) is 0.398. The third-order valence-corrected chi connectivity index (χ3v) is 4.86. The highest BCUT2D eigenvalue weighted by molar-refractivity contribution is 6.16. The van der Waals surface area contributed by atoms with Crippen molar-refractivity contribution in [2.24, 2.45) is 0 Å². The van der Waals surface area contributed by atoms with Crippen LogP contribution in [0.2, 0.25) is 0 Å². The molecule has 2 aromatic heterocycles. The molecule has 0 aliphatic heterocycles. The van der Waals surface area contributed by atoms with Gasteiger partial charge in [-0.25, -0.2) is 8.78 Å². The molecule has 0 saturated carbocycles. The van der Waals surface area contributed by atoms with E-state index in [4.69, 9.17) is 0 Å². The first-order valence-electron chi connectivity index (χ1n) is 9.43. The largest absolute Gasteiger partial charge is 0.288 e. The molecule has 0 bridgehead atoms. The number of aryl methyl sites for hydroxylation is 2. The Balaban J connectivity index is 1.91. The van der Waals surface area contributed by atoms with E-state index >= 15 is 0 Å². The van der Waals surface area contributed by atoms with Crippen LogP contribution >= 0.6 is 0 Å². The number of hydrogen-bond donors (Lipinski definition) is 0. The van der Waals surface area contributed by atoms with Crippen LogP contribution in [0.3, 0.4) is 0 Å². The molecule has 0 amide bonds. The molecule has 0 atom stereocenters. The van der Waals surface area contributed by atoms with E-state index in [-0.39, 0.29) is 11.1 Å². The number of hydrogen-bond acceptors (Lipinski definition) is 3. The molecular formula is C25H18F2N2O. The van der Waals surface area contributed by atoms with Crippen LogP contribution in [0.25, 0.3) is 22.5 Å². The van der Waals surface area contributed by atoms with Crippen molar-refractivity contribution < 1.29 is 13.6 Å². The molecule has 5 heteroatoms. The second kappa shape index (κ2) is 7.95. The van der Waals surface area contributed by atoms with Gasteiger partial charge in [-0.1, -0.05) is 36.4 Å². The van der Waals surface area contributed by atoms with Gasteiger partial charge < -0.3 is 0 Å². The lowest BCUT2D eigenvalue weighted by atomic mass is 9.91. The number of rotatable bonds is 4. The summed E-state index contributed by atoms with van der Waals surface area (Å²) in [6, 6.07) is 15.7. The molecule has 0 unspecified atom stereocenters. The highest BCUT2D eigenvalue weighted by Crippen LogP contribution is 2.31. The minimum Gasteiger partial charge on any atom is -0.288 e. The summed E-state index contributed by atoms with van der Waals surface area (Å²) in [5.74, 6) is -2.21. The van der Waals surface area contributed by atoms with E-state index < -0.39 is 17.4 Å². The van der Waals surface area contributed by atoms with Gasteiger partial charge in [0.2, 0.25) is 0 Å². The second-order valence-corrected chi connectivity index (χ2v) is 7.10. The van der Waals surface area contributed by atoms with Gasteiger partial charge in [-0.2, -0.15) is 0 Å². The zero-order valence-corrected chi connectivity index (χ0v) is 16.5. The minimum absolute atomic E-state index is 0.215. The summed E-state index contributed by atoms with van der Waals surface area (Å²) >= 11 is 0. The highest BCUT2D eigenvalue weighted by Gasteiger charge is 2.25. The van der Waals surface area contributed by atoms with E-state index in [1.165, 1.54) is 24.3 Å². The normalized spacial score (nSPS) is 10.8. The van der Waals surface area contributed by atoms with E-state index in [2.05, 4.69) is 9.97 Å². The molecule has 0 aliphatic carbocycles. The van der Waals surface area contributed by atoms with Crippen LogP contribution in [-0.4, -0.2) is 15.8 Å². The monoisotopic (exact) mass is 400 g/mol. The Bertz CT molecular complexity index is 1140. The fourth-order valence-electron chi connectivity index (χ4n) is 3.32. The molecule has 30 heavy (non-hydrogen) atoms. The second-order valence-electron chi connectivity index (χ2n) is 7.10. The summed E-state index contributed by atoms with van der Waals surface area (Å²) in [6.45, 7) is 3.77. The maximum Gasteiger partial charge on any atom is 0.200 e. The zero-order chi connectivity index (χ0) is 21.3. The Morgan fingerprint density at radius 1 is 0.667 bits per heavy atom. The van der Waals surface area contributed by atoms with Crippen molar-refractivity contribution in [2.45, 2.75) is 13.8 Å². The highest BCUT2D eigenvalue weighted by atomic mass is 19.1. The number of benzene rings is 2. The Hall–Kier alpha value is -3.73. The van der Waals surface area contributed by atoms with Crippen LogP contribution in [0.4, 0.5) is 8.78 Å². The van der Waals surface area contributed by atoms with E-state index in [0.29, 0.717) is 22.5 Å². The van der Waals surface area contributed by atoms with Gasteiger partial charge in [-0.15, -0.1) is 0 Å². The molecule has 4 rings (SSSR count). The first kappa shape index (κ1) is 19.6. The standard InChI is InChI=1S/C25H18F2N2O/c1-15-9-11-21(28-13-15)17-5-3-7-19(26)23(17)25(30)24-18(6-4-8-20(24)27)22-12-10-16(2)14-29-22/h3-14H,1-2H3. The van der Waals surface area contributed by atoms with Crippen molar-refractivity contribution in [1.29, 1.82) is 0 Å². The molecule has 2 heterocycles. The first-order chi connectivity index (χ1) is 14.5. The van der Waals surface area contributed by atoms with Crippen molar-refractivity contribution in [1.82, 2.24) is 9.97 Å². The van der Waals surface area contributed by atoms with Crippen molar-refractivity contribution in [3.8, 4) is 22.5 Å². The van der Waals surface area contributed by atoms with E-state index in [9.17, 15) is 13.6 Å². The molecule has 0 saturated heterocycles. The van der Waals surface area contributed by atoms with Gasteiger partial charge in [0.1, 0.15) is 11.6 Å². The molecule has 4 aromatic rings. The van der Waals surface area contributed by atoms with Crippen LogP contribution < -0.4 is 0 Å². The van der Waals surface area contributed by atoms with Gasteiger partial charge in [-0.3, -0.25) is 14.8 Å². The third-order valence-electron chi connectivity index (χ3n) is 4.86. The lowest BCUT2D eigenvalue weighted by molar-refractivity contribution is 0.103. The van der Waals surface area contributed by atoms with Gasteiger partial charge in [0.25, 0.3) is 0 Å². The number of carbonyl (C=O) groups is 1. The van der Waals surface area contributed by atoms with Crippen LogP contribution in [-0.2, 0) is 0 Å². The number of aromatic nitrogens is 2. The number of halogens is 2. The maximum atomic E-state index is 14.9. The molecule has 148 valence electrons. The van der Waals surface area contributed by atoms with Crippen molar-refractivity contribution in [2.75, 3.05) is 0 Å². The van der Waals surface area contributed by atoms with Gasteiger partial charge >= 0.3 is 0 Å². The summed E-state index contributed by atoms with van der Waals surface area (Å²) in [6.07, 6.45) is 3.28. The first-order valence-corrected chi connectivity index (χ1v) is 9.43.